The highest BCUT2D eigenvalue weighted by molar-refractivity contribution is 5.89. The lowest BCUT2D eigenvalue weighted by molar-refractivity contribution is -0.273. The summed E-state index contributed by atoms with van der Waals surface area (Å²) >= 11 is 0. The van der Waals surface area contributed by atoms with Crippen molar-refractivity contribution in [3.05, 3.63) is 35.9 Å². The van der Waals surface area contributed by atoms with E-state index in [1.807, 2.05) is 30.3 Å². The monoisotopic (exact) mass is 520 g/mol. The second-order valence-corrected chi connectivity index (χ2v) is 14.8. The van der Waals surface area contributed by atoms with Gasteiger partial charge in [0.15, 0.2) is 5.79 Å². The minimum absolute atomic E-state index is 0.0701. The molecule has 4 saturated carbocycles. The smallest absolute Gasteiger partial charge is 0.338 e. The Labute approximate surface area is 229 Å². The Bertz CT molecular complexity index is 1050. The molecule has 4 aliphatic carbocycles. The molecule has 38 heavy (non-hydrogen) atoms. The summed E-state index contributed by atoms with van der Waals surface area (Å²) in [5, 5.41) is 0. The molecule has 4 heteroatoms. The number of carbonyl (C=O) groups is 1. The molecule has 0 N–H and O–H groups in total. The van der Waals surface area contributed by atoms with Crippen molar-refractivity contribution >= 4 is 5.97 Å². The van der Waals surface area contributed by atoms with E-state index >= 15 is 0 Å². The fraction of sp³-hybridized carbons (Fsp3) is 0.794. The van der Waals surface area contributed by atoms with Gasteiger partial charge in [0.1, 0.15) is 6.10 Å². The van der Waals surface area contributed by atoms with Crippen LogP contribution in [0.4, 0.5) is 0 Å². The first-order chi connectivity index (χ1) is 18.2. The molecule has 2 heterocycles. The third kappa shape index (κ3) is 3.71. The summed E-state index contributed by atoms with van der Waals surface area (Å²) in [6.07, 6.45) is 12.6. The van der Waals surface area contributed by atoms with Crippen molar-refractivity contribution in [3.8, 4) is 0 Å². The Morgan fingerprint density at radius 2 is 1.68 bits per heavy atom. The molecular weight excluding hydrogens is 472 g/mol. The minimum Gasteiger partial charge on any atom is -0.459 e. The highest BCUT2D eigenvalue weighted by atomic mass is 16.7. The number of hydrogen-bond donors (Lipinski definition) is 0. The minimum atomic E-state index is -0.314. The summed E-state index contributed by atoms with van der Waals surface area (Å²) in [5.41, 5.74) is 1.44. The van der Waals surface area contributed by atoms with Gasteiger partial charge in [0.2, 0.25) is 0 Å². The van der Waals surface area contributed by atoms with Crippen LogP contribution in [0, 0.1) is 52.3 Å². The van der Waals surface area contributed by atoms with Crippen molar-refractivity contribution in [3.63, 3.8) is 0 Å². The third-order valence-corrected chi connectivity index (χ3v) is 13.2. The fourth-order valence-corrected chi connectivity index (χ4v) is 11.1. The number of esters is 1. The number of ether oxygens (including phenoxy) is 3. The number of carbonyl (C=O) groups excluding carboxylic acids is 1. The first-order valence-electron chi connectivity index (χ1n) is 15.8. The van der Waals surface area contributed by atoms with E-state index in [1.165, 1.54) is 44.9 Å². The Hall–Kier alpha value is -1.39. The van der Waals surface area contributed by atoms with Gasteiger partial charge in [0.05, 0.1) is 18.3 Å². The van der Waals surface area contributed by atoms with Crippen molar-refractivity contribution < 1.29 is 19.0 Å². The molecule has 4 nitrogen and oxygen atoms in total. The van der Waals surface area contributed by atoms with Crippen molar-refractivity contribution in [2.24, 2.45) is 52.3 Å². The largest absolute Gasteiger partial charge is 0.459 e. The van der Waals surface area contributed by atoms with Gasteiger partial charge in [-0.15, -0.1) is 0 Å². The van der Waals surface area contributed by atoms with Crippen LogP contribution in [0.25, 0.3) is 0 Å². The predicted octanol–water partition coefficient (Wildman–Crippen LogP) is 7.66. The topological polar surface area (TPSA) is 44.8 Å². The molecule has 208 valence electrons. The van der Waals surface area contributed by atoms with E-state index in [9.17, 15) is 4.79 Å². The zero-order valence-electron chi connectivity index (χ0n) is 24.0. The van der Waals surface area contributed by atoms with Crippen LogP contribution in [0.15, 0.2) is 30.3 Å². The third-order valence-electron chi connectivity index (χ3n) is 13.2. The molecule has 0 amide bonds. The summed E-state index contributed by atoms with van der Waals surface area (Å²) in [6.45, 7) is 10.9. The predicted molar refractivity (Wildman–Crippen MR) is 147 cm³/mol. The van der Waals surface area contributed by atoms with Crippen LogP contribution in [0.5, 0.6) is 0 Å². The zero-order valence-corrected chi connectivity index (χ0v) is 24.0. The van der Waals surface area contributed by atoms with Crippen LogP contribution in [0.1, 0.15) is 102 Å². The van der Waals surface area contributed by atoms with E-state index in [0.717, 1.165) is 43.6 Å². The average molecular weight is 521 g/mol. The molecule has 0 radical (unpaired) electrons. The Morgan fingerprint density at radius 3 is 2.45 bits per heavy atom. The van der Waals surface area contributed by atoms with Gasteiger partial charge in [-0.25, -0.2) is 4.79 Å². The molecule has 1 aromatic rings. The standard InChI is InChI=1S/C34H48O4/c1-21-12-17-34(36-20-21)22(2)30-29(38-34)19-28-26-11-10-24-18-25(37-31(35)23-8-6-5-7-9-23)13-15-32(24,3)27(26)14-16-33(28,30)4/h5-9,21-22,24-30H,10-20H2,1-4H3/t21?,22?,24?,25?,26?,27?,28?,29?,30?,32?,33?,34-/m1/s1. The molecule has 2 saturated heterocycles. The molecule has 11 unspecified atom stereocenters. The molecule has 1 spiro atoms. The molecule has 6 aliphatic rings. The number of hydrogen-bond acceptors (Lipinski definition) is 4. The van der Waals surface area contributed by atoms with E-state index in [1.54, 1.807) is 0 Å². The van der Waals surface area contributed by atoms with Gasteiger partial charge >= 0.3 is 5.97 Å². The summed E-state index contributed by atoms with van der Waals surface area (Å²) < 4.78 is 19.5. The first-order valence-corrected chi connectivity index (χ1v) is 15.8. The van der Waals surface area contributed by atoms with E-state index in [-0.39, 0.29) is 17.9 Å². The second-order valence-electron chi connectivity index (χ2n) is 14.8. The summed E-state index contributed by atoms with van der Waals surface area (Å²) in [7, 11) is 0. The van der Waals surface area contributed by atoms with E-state index in [2.05, 4.69) is 27.7 Å². The summed E-state index contributed by atoms with van der Waals surface area (Å²) in [4.78, 5) is 12.7. The Morgan fingerprint density at radius 1 is 0.895 bits per heavy atom. The molecule has 7 rings (SSSR count). The van der Waals surface area contributed by atoms with E-state index in [0.29, 0.717) is 46.2 Å². The average Bonchev–Trinajstić information content (AvgIpc) is 3.36. The molecule has 0 aromatic heterocycles. The van der Waals surface area contributed by atoms with Crippen LogP contribution in [-0.2, 0) is 14.2 Å². The van der Waals surface area contributed by atoms with Gasteiger partial charge in [-0.05, 0) is 116 Å². The maximum absolute atomic E-state index is 12.7. The molecular formula is C34H48O4. The van der Waals surface area contributed by atoms with Crippen LogP contribution >= 0.6 is 0 Å². The molecule has 2 aliphatic heterocycles. The van der Waals surface area contributed by atoms with Crippen molar-refractivity contribution in [2.75, 3.05) is 6.61 Å². The summed E-state index contributed by atoms with van der Waals surface area (Å²) in [6, 6.07) is 9.51. The Balaban J connectivity index is 1.05. The fourth-order valence-electron chi connectivity index (χ4n) is 11.1. The zero-order chi connectivity index (χ0) is 26.3. The molecule has 0 bridgehead atoms. The Kier molecular flexibility index (Phi) is 6.10. The van der Waals surface area contributed by atoms with E-state index < -0.39 is 0 Å². The number of fused-ring (bicyclic) bond motifs is 7. The van der Waals surface area contributed by atoms with Gasteiger partial charge in [-0.3, -0.25) is 0 Å². The van der Waals surface area contributed by atoms with Gasteiger partial charge in [0.25, 0.3) is 0 Å². The van der Waals surface area contributed by atoms with Gasteiger partial charge in [-0.2, -0.15) is 0 Å². The molecule has 1 aromatic carbocycles. The van der Waals surface area contributed by atoms with Crippen molar-refractivity contribution in [1.29, 1.82) is 0 Å². The normalized spacial score (nSPS) is 51.5. The van der Waals surface area contributed by atoms with E-state index in [4.69, 9.17) is 14.2 Å². The van der Waals surface area contributed by atoms with Gasteiger partial charge in [0, 0.05) is 12.3 Å². The lowest BCUT2D eigenvalue weighted by Crippen LogP contribution is -2.55. The quantitative estimate of drug-likeness (QED) is 0.376. The molecule has 12 atom stereocenters. The summed E-state index contributed by atoms with van der Waals surface area (Å²) in [5.74, 6) is 4.41. The van der Waals surface area contributed by atoms with Crippen molar-refractivity contribution in [2.45, 2.75) is 110 Å². The highest BCUT2D eigenvalue weighted by Gasteiger charge is 2.69. The van der Waals surface area contributed by atoms with Crippen LogP contribution < -0.4 is 0 Å². The number of benzene rings is 1. The lowest BCUT2D eigenvalue weighted by atomic mass is 9.44. The SMILES string of the molecule is CC1CC[C@@]2(OC1)OC1CC3C4CCC5CC(OC(=O)c6ccccc6)CCC5(C)C4CCC3(C)C1C2C. The van der Waals surface area contributed by atoms with Crippen LogP contribution in [0.2, 0.25) is 0 Å². The van der Waals surface area contributed by atoms with Crippen LogP contribution in [0.3, 0.4) is 0 Å². The first kappa shape index (κ1) is 25.6. The van der Waals surface area contributed by atoms with Gasteiger partial charge in [-0.1, -0.05) is 45.9 Å². The maximum Gasteiger partial charge on any atom is 0.338 e. The van der Waals surface area contributed by atoms with Crippen LogP contribution in [-0.4, -0.2) is 30.6 Å². The van der Waals surface area contributed by atoms with Crippen molar-refractivity contribution in [1.82, 2.24) is 0 Å². The molecule has 6 fully saturated rings. The lowest BCUT2D eigenvalue weighted by Gasteiger charge is -2.61. The number of rotatable bonds is 2. The van der Waals surface area contributed by atoms with Gasteiger partial charge < -0.3 is 14.2 Å². The highest BCUT2D eigenvalue weighted by Crippen LogP contribution is 2.71. The maximum atomic E-state index is 12.7. The second kappa shape index (κ2) is 9.06.